The zero-order valence-corrected chi connectivity index (χ0v) is 8.39. The summed E-state index contributed by atoms with van der Waals surface area (Å²) in [6, 6.07) is 0. The van der Waals surface area contributed by atoms with E-state index in [1.165, 1.54) is 0 Å². The zero-order chi connectivity index (χ0) is 9.91. The van der Waals surface area contributed by atoms with E-state index in [0.29, 0.717) is 0 Å². The third-order valence-corrected chi connectivity index (χ3v) is 3.79. The van der Waals surface area contributed by atoms with Crippen LogP contribution >= 0.6 is 0 Å². The van der Waals surface area contributed by atoms with Crippen LogP contribution in [0.5, 0.6) is 0 Å². The first-order valence-corrected chi connectivity index (χ1v) is 4.79. The molecule has 0 radical (unpaired) electrons. The lowest BCUT2D eigenvalue weighted by Gasteiger charge is -2.35. The SMILES string of the molecule is CC1(C)CCCC2(C)O[C@]12C(=O)O. The van der Waals surface area contributed by atoms with E-state index in [1.54, 1.807) is 0 Å². The average molecular weight is 184 g/mol. The van der Waals surface area contributed by atoms with E-state index >= 15 is 0 Å². The van der Waals surface area contributed by atoms with Crippen molar-refractivity contribution in [2.24, 2.45) is 5.41 Å². The number of aliphatic carboxylic acids is 1. The molecule has 13 heavy (non-hydrogen) atoms. The quantitative estimate of drug-likeness (QED) is 0.632. The van der Waals surface area contributed by atoms with Crippen LogP contribution in [-0.4, -0.2) is 22.3 Å². The Morgan fingerprint density at radius 2 is 1.92 bits per heavy atom. The number of hydrogen-bond acceptors (Lipinski definition) is 2. The van der Waals surface area contributed by atoms with Crippen LogP contribution in [0.1, 0.15) is 40.0 Å². The predicted molar refractivity (Wildman–Crippen MR) is 47.5 cm³/mol. The van der Waals surface area contributed by atoms with Crippen LogP contribution in [0.2, 0.25) is 0 Å². The fourth-order valence-corrected chi connectivity index (χ4v) is 3.00. The molecule has 74 valence electrons. The number of ether oxygens (including phenoxy) is 1. The number of carboxylic acid groups (broad SMARTS) is 1. The maximum Gasteiger partial charge on any atom is 0.339 e. The summed E-state index contributed by atoms with van der Waals surface area (Å²) in [5.41, 5.74) is -1.54. The molecule has 0 bridgehead atoms. The first-order chi connectivity index (χ1) is 5.86. The molecule has 1 aliphatic heterocycles. The van der Waals surface area contributed by atoms with Crippen molar-refractivity contribution in [3.8, 4) is 0 Å². The van der Waals surface area contributed by atoms with Crippen molar-refractivity contribution in [3.63, 3.8) is 0 Å². The maximum absolute atomic E-state index is 11.2. The van der Waals surface area contributed by atoms with Crippen molar-refractivity contribution >= 4 is 5.97 Å². The molecule has 1 saturated heterocycles. The molecule has 1 saturated carbocycles. The molecule has 3 heteroatoms. The normalized spacial score (nSPS) is 46.7. The Morgan fingerprint density at radius 1 is 1.31 bits per heavy atom. The van der Waals surface area contributed by atoms with Crippen LogP contribution in [0, 0.1) is 5.41 Å². The second-order valence-electron chi connectivity index (χ2n) is 5.06. The van der Waals surface area contributed by atoms with Crippen molar-refractivity contribution in [2.45, 2.75) is 51.2 Å². The van der Waals surface area contributed by atoms with Gasteiger partial charge in [-0.1, -0.05) is 13.8 Å². The van der Waals surface area contributed by atoms with Crippen molar-refractivity contribution < 1.29 is 14.6 Å². The van der Waals surface area contributed by atoms with E-state index < -0.39 is 17.2 Å². The Kier molecular flexibility index (Phi) is 1.44. The Labute approximate surface area is 78.1 Å². The fraction of sp³-hybridized carbons (Fsp3) is 0.900. The van der Waals surface area contributed by atoms with Gasteiger partial charge in [-0.25, -0.2) is 4.79 Å². The topological polar surface area (TPSA) is 49.8 Å². The summed E-state index contributed by atoms with van der Waals surface area (Å²) in [5, 5.41) is 9.22. The van der Waals surface area contributed by atoms with Gasteiger partial charge in [0.1, 0.15) is 5.60 Å². The Balaban J connectivity index is 2.41. The number of carboxylic acids is 1. The highest BCUT2D eigenvalue weighted by molar-refractivity contribution is 5.84. The highest BCUT2D eigenvalue weighted by atomic mass is 16.7. The molecule has 0 spiro atoms. The van der Waals surface area contributed by atoms with Crippen LogP contribution in [0.3, 0.4) is 0 Å². The van der Waals surface area contributed by atoms with E-state index in [0.717, 1.165) is 19.3 Å². The van der Waals surface area contributed by atoms with E-state index in [-0.39, 0.29) is 5.41 Å². The number of rotatable bonds is 1. The van der Waals surface area contributed by atoms with Crippen LogP contribution < -0.4 is 0 Å². The van der Waals surface area contributed by atoms with Gasteiger partial charge in [0, 0.05) is 5.41 Å². The second-order valence-corrected chi connectivity index (χ2v) is 5.06. The molecular formula is C10H16O3. The third-order valence-electron chi connectivity index (χ3n) is 3.79. The molecule has 0 aromatic carbocycles. The number of hydrogen-bond donors (Lipinski definition) is 1. The minimum atomic E-state index is -0.905. The van der Waals surface area contributed by atoms with Gasteiger partial charge in [0.05, 0.1) is 0 Å². The molecule has 2 atom stereocenters. The van der Waals surface area contributed by atoms with Crippen molar-refractivity contribution in [1.29, 1.82) is 0 Å². The lowest BCUT2D eigenvalue weighted by atomic mass is 9.64. The lowest BCUT2D eigenvalue weighted by molar-refractivity contribution is -0.148. The fourth-order valence-electron chi connectivity index (χ4n) is 3.00. The highest BCUT2D eigenvalue weighted by Crippen LogP contribution is 2.65. The van der Waals surface area contributed by atoms with Gasteiger partial charge in [-0.3, -0.25) is 0 Å². The molecule has 2 fully saturated rings. The molecule has 1 heterocycles. The Bertz CT molecular complexity index is 271. The van der Waals surface area contributed by atoms with Crippen LogP contribution in [0.4, 0.5) is 0 Å². The Hall–Kier alpha value is -0.570. The summed E-state index contributed by atoms with van der Waals surface area (Å²) in [6.45, 7) is 5.90. The average Bonchev–Trinajstić information content (AvgIpc) is 2.58. The number of epoxide rings is 1. The largest absolute Gasteiger partial charge is 0.479 e. The molecule has 2 rings (SSSR count). The number of carbonyl (C=O) groups is 1. The summed E-state index contributed by atoms with van der Waals surface area (Å²) in [7, 11) is 0. The molecule has 1 N–H and O–H groups in total. The third kappa shape index (κ3) is 0.810. The standard InChI is InChI=1S/C10H16O3/c1-8(2)5-4-6-9(3)10(8,13-9)7(11)12/h4-6H2,1-3H3,(H,11,12)/t9?,10-/m1/s1. The van der Waals surface area contributed by atoms with E-state index in [1.807, 2.05) is 20.8 Å². The van der Waals surface area contributed by atoms with E-state index in [9.17, 15) is 9.90 Å². The number of fused-ring (bicyclic) bond motifs is 1. The molecule has 0 amide bonds. The summed E-state index contributed by atoms with van der Waals surface area (Å²) >= 11 is 0. The molecule has 0 aromatic rings. The van der Waals surface area contributed by atoms with Crippen molar-refractivity contribution in [3.05, 3.63) is 0 Å². The van der Waals surface area contributed by atoms with Crippen molar-refractivity contribution in [2.75, 3.05) is 0 Å². The summed E-state index contributed by atoms with van der Waals surface area (Å²) in [6.07, 6.45) is 2.89. The van der Waals surface area contributed by atoms with Gasteiger partial charge >= 0.3 is 5.97 Å². The molecule has 0 aromatic heterocycles. The second kappa shape index (κ2) is 2.08. The first kappa shape index (κ1) is 9.00. The van der Waals surface area contributed by atoms with Crippen LogP contribution in [-0.2, 0) is 9.53 Å². The monoisotopic (exact) mass is 184 g/mol. The summed E-state index contributed by atoms with van der Waals surface area (Å²) < 4.78 is 5.53. The molecule has 1 aliphatic carbocycles. The maximum atomic E-state index is 11.2. The zero-order valence-electron chi connectivity index (χ0n) is 8.39. The smallest absolute Gasteiger partial charge is 0.339 e. The van der Waals surface area contributed by atoms with Crippen LogP contribution in [0.15, 0.2) is 0 Å². The molecule has 3 nitrogen and oxygen atoms in total. The van der Waals surface area contributed by atoms with Gasteiger partial charge < -0.3 is 9.84 Å². The van der Waals surface area contributed by atoms with Gasteiger partial charge in [0.2, 0.25) is 0 Å². The molecule has 1 unspecified atom stereocenters. The van der Waals surface area contributed by atoms with Crippen LogP contribution in [0.25, 0.3) is 0 Å². The van der Waals surface area contributed by atoms with E-state index in [2.05, 4.69) is 0 Å². The minimum absolute atomic E-state index is 0.230. The van der Waals surface area contributed by atoms with Gasteiger partial charge in [0.15, 0.2) is 5.60 Å². The predicted octanol–water partition coefficient (Wildman–Crippen LogP) is 1.81. The summed E-state index contributed by atoms with van der Waals surface area (Å²) in [4.78, 5) is 11.2. The van der Waals surface area contributed by atoms with Gasteiger partial charge in [-0.15, -0.1) is 0 Å². The van der Waals surface area contributed by atoms with Crippen molar-refractivity contribution in [1.82, 2.24) is 0 Å². The van der Waals surface area contributed by atoms with Gasteiger partial charge in [-0.05, 0) is 26.2 Å². The molecule has 2 aliphatic rings. The van der Waals surface area contributed by atoms with E-state index in [4.69, 9.17) is 4.74 Å². The molecular weight excluding hydrogens is 168 g/mol. The minimum Gasteiger partial charge on any atom is -0.479 e. The van der Waals surface area contributed by atoms with Gasteiger partial charge in [0.25, 0.3) is 0 Å². The highest BCUT2D eigenvalue weighted by Gasteiger charge is 2.79. The Morgan fingerprint density at radius 3 is 2.31 bits per heavy atom. The van der Waals surface area contributed by atoms with Gasteiger partial charge in [-0.2, -0.15) is 0 Å². The lowest BCUT2D eigenvalue weighted by Crippen LogP contribution is -2.48. The first-order valence-electron chi connectivity index (χ1n) is 4.79. The summed E-state index contributed by atoms with van der Waals surface area (Å²) in [5.74, 6) is -0.792.